The Bertz CT molecular complexity index is 2990. The van der Waals surface area contributed by atoms with E-state index in [4.69, 9.17) is 23.2 Å². The number of benzene rings is 4. The highest BCUT2D eigenvalue weighted by Crippen LogP contribution is 2.38. The summed E-state index contributed by atoms with van der Waals surface area (Å²) in [6, 6.07) is 26.3. The minimum Gasteiger partial charge on any atom is -0.322 e. The van der Waals surface area contributed by atoms with Gasteiger partial charge in [0.1, 0.15) is 5.48 Å². The highest BCUT2D eigenvalue weighted by Gasteiger charge is 2.25. The molecule has 2 N–H and O–H groups in total. The molecule has 13 heteroatoms. The molecule has 1 unspecified atom stereocenters. The van der Waals surface area contributed by atoms with E-state index in [0.717, 1.165) is 53.1 Å². The van der Waals surface area contributed by atoms with Crippen molar-refractivity contribution in [2.75, 3.05) is 11.4 Å². The Morgan fingerprint density at radius 2 is 1.57 bits per heavy atom. The topological polar surface area (TPSA) is 142 Å². The molecule has 4 aromatic carbocycles. The number of rotatable bonds is 10. The predicted molar refractivity (Wildman–Crippen MR) is 245 cm³/mol. The Morgan fingerprint density at radius 1 is 0.852 bits per heavy atom. The molecule has 0 bridgehead atoms. The fourth-order valence-electron chi connectivity index (χ4n) is 8.59. The van der Waals surface area contributed by atoms with Crippen LogP contribution in [0.25, 0.3) is 29.1 Å². The largest absolute Gasteiger partial charge is 0.349 e. The maximum absolute atomic E-state index is 12.6. The number of hydrogen-bond donors (Lipinski definition) is 2. The molecule has 4 aliphatic rings. The van der Waals surface area contributed by atoms with Crippen molar-refractivity contribution in [2.45, 2.75) is 90.5 Å². The highest BCUT2D eigenvalue weighted by atomic mass is 35.5. The first-order valence-electron chi connectivity index (χ1n) is 21.0. The zero-order valence-electron chi connectivity index (χ0n) is 34.6. The molecule has 4 heterocycles. The van der Waals surface area contributed by atoms with Gasteiger partial charge in [-0.05, 0) is 134 Å². The number of H-pyrrole nitrogens is 2. The lowest BCUT2D eigenvalue weighted by Crippen LogP contribution is -2.42. The normalized spacial score (nSPS) is 14.0. The van der Waals surface area contributed by atoms with E-state index in [0.29, 0.717) is 52.4 Å². The van der Waals surface area contributed by atoms with E-state index in [-0.39, 0.29) is 11.3 Å². The summed E-state index contributed by atoms with van der Waals surface area (Å²) in [7, 11) is 0. The van der Waals surface area contributed by atoms with Crippen molar-refractivity contribution >= 4 is 58.0 Å². The van der Waals surface area contributed by atoms with Crippen LogP contribution in [-0.4, -0.2) is 36.0 Å². The maximum Gasteiger partial charge on any atom is 0.349 e. The smallest absolute Gasteiger partial charge is 0.322 e. The van der Waals surface area contributed by atoms with Gasteiger partial charge in [0.05, 0.1) is 22.4 Å². The molecule has 11 nitrogen and oxygen atoms in total. The van der Waals surface area contributed by atoms with E-state index in [9.17, 15) is 14.4 Å². The molecule has 1 fully saturated rings. The summed E-state index contributed by atoms with van der Waals surface area (Å²) in [6.07, 6.45) is 8.39. The predicted octanol–water partition coefficient (Wildman–Crippen LogP) is 8.83. The second-order valence-corrected chi connectivity index (χ2v) is 16.9. The van der Waals surface area contributed by atoms with E-state index in [1.165, 1.54) is 53.5 Å². The quantitative estimate of drug-likeness (QED) is 0.131. The first kappa shape index (κ1) is 41.8. The Labute approximate surface area is 363 Å². The number of anilines is 2. The third kappa shape index (κ3) is 9.09. The molecule has 1 aliphatic carbocycles. The van der Waals surface area contributed by atoms with Gasteiger partial charge in [-0.2, -0.15) is 4.98 Å². The molecule has 9 rings (SSSR count). The molecular weight excluding hydrogens is 807 g/mol. The maximum atomic E-state index is 12.6. The average molecular weight is 856 g/mol. The Balaban J connectivity index is 0.000000169. The van der Waals surface area contributed by atoms with Crippen molar-refractivity contribution in [1.82, 2.24) is 29.5 Å². The second-order valence-electron chi connectivity index (χ2n) is 16.1. The summed E-state index contributed by atoms with van der Waals surface area (Å²) >= 11 is 12.0. The average Bonchev–Trinajstić information content (AvgIpc) is 3.79. The third-order valence-electron chi connectivity index (χ3n) is 12.0. The molecule has 312 valence electrons. The summed E-state index contributed by atoms with van der Waals surface area (Å²) in [4.78, 5) is 61.9. The summed E-state index contributed by atoms with van der Waals surface area (Å²) in [5.41, 5.74) is 8.75. The van der Waals surface area contributed by atoms with Gasteiger partial charge >= 0.3 is 5.69 Å². The van der Waals surface area contributed by atoms with Gasteiger partial charge in [0, 0.05) is 23.1 Å². The number of aromatic nitrogens is 6. The number of fused-ring (bicyclic) bond motifs is 4. The number of aryl methyl sites for hydroxylation is 4. The van der Waals surface area contributed by atoms with E-state index in [2.05, 4.69) is 105 Å². The zero-order chi connectivity index (χ0) is 42.8. The fourth-order valence-corrected chi connectivity index (χ4v) is 8.84. The number of aromatic amines is 2. The summed E-state index contributed by atoms with van der Waals surface area (Å²) in [6.45, 7) is 11.6. The number of hydrogen-bond acceptors (Lipinski definition) is 8. The van der Waals surface area contributed by atoms with Gasteiger partial charge in [0.25, 0.3) is 11.1 Å². The lowest BCUT2D eigenvalue weighted by molar-refractivity contribution is 0.648. The van der Waals surface area contributed by atoms with Crippen molar-refractivity contribution in [2.24, 2.45) is 4.99 Å². The van der Waals surface area contributed by atoms with Crippen LogP contribution in [0.3, 0.4) is 0 Å². The van der Waals surface area contributed by atoms with Crippen LogP contribution in [0.5, 0.6) is 0 Å². The monoisotopic (exact) mass is 854 g/mol. The lowest BCUT2D eigenvalue weighted by atomic mass is 9.97. The van der Waals surface area contributed by atoms with Gasteiger partial charge in [-0.25, -0.2) is 19.8 Å². The van der Waals surface area contributed by atoms with Gasteiger partial charge in [0.15, 0.2) is 22.7 Å². The van der Waals surface area contributed by atoms with Gasteiger partial charge in [-0.1, -0.05) is 86.8 Å². The van der Waals surface area contributed by atoms with Gasteiger partial charge in [-0.15, -0.1) is 0 Å². The van der Waals surface area contributed by atoms with Crippen LogP contribution in [0.4, 0.5) is 17.2 Å². The Hall–Kier alpha value is -5.91. The van der Waals surface area contributed by atoms with Gasteiger partial charge in [-0.3, -0.25) is 14.6 Å². The number of halogens is 2. The van der Waals surface area contributed by atoms with Crippen LogP contribution >= 0.6 is 23.2 Å². The SMILES string of the molecule is C=c1nc2c(c(=O)[nH]1)=Nc1cc(CC)c(C)cc1N2CCC(C)c1ccc(Cl)cc1.O=c1nc2n(CCCc3ccc(Cl)cc3)c3ccc(C4CCCC4)cc3nc-2c(=O)[nH]1. The number of nitrogens with zero attached hydrogens (tertiary/aromatic N) is 6. The van der Waals surface area contributed by atoms with Crippen molar-refractivity contribution in [3.8, 4) is 11.5 Å². The summed E-state index contributed by atoms with van der Waals surface area (Å²) in [5.74, 6) is 1.79. The van der Waals surface area contributed by atoms with Gasteiger partial charge < -0.3 is 14.5 Å². The second kappa shape index (κ2) is 18.0. The molecule has 0 amide bonds. The molecule has 0 radical (unpaired) electrons. The molecule has 5 aromatic rings. The minimum absolute atomic E-state index is 0.210. The molecular formula is C48H48Cl2N8O3. The summed E-state index contributed by atoms with van der Waals surface area (Å²) in [5, 5.41) is 1.80. The summed E-state index contributed by atoms with van der Waals surface area (Å²) < 4.78 is 1.96. The molecule has 1 atom stereocenters. The van der Waals surface area contributed by atoms with Crippen LogP contribution in [-0.2, 0) is 19.4 Å². The Morgan fingerprint density at radius 3 is 2.30 bits per heavy atom. The minimum atomic E-state index is -0.646. The molecule has 0 saturated heterocycles. The van der Waals surface area contributed by atoms with Crippen molar-refractivity contribution < 1.29 is 0 Å². The van der Waals surface area contributed by atoms with Gasteiger partial charge in [0.2, 0.25) is 0 Å². The van der Waals surface area contributed by atoms with Crippen LogP contribution in [0.1, 0.15) is 92.0 Å². The first-order valence-corrected chi connectivity index (χ1v) is 21.7. The zero-order valence-corrected chi connectivity index (χ0v) is 36.1. The first-order chi connectivity index (χ1) is 29.4. The number of nitrogens with one attached hydrogen (secondary N) is 2. The van der Waals surface area contributed by atoms with Crippen LogP contribution in [0, 0.1) is 6.92 Å². The molecule has 1 aromatic heterocycles. The van der Waals surface area contributed by atoms with Crippen molar-refractivity contribution in [3.05, 3.63) is 159 Å². The van der Waals surface area contributed by atoms with Crippen molar-refractivity contribution in [3.63, 3.8) is 0 Å². The third-order valence-corrected chi connectivity index (χ3v) is 12.5. The molecule has 0 spiro atoms. The van der Waals surface area contributed by atoms with E-state index < -0.39 is 11.2 Å². The van der Waals surface area contributed by atoms with E-state index in [1.807, 2.05) is 41.0 Å². The van der Waals surface area contributed by atoms with E-state index in [1.54, 1.807) is 0 Å². The molecule has 61 heavy (non-hydrogen) atoms. The molecule has 1 saturated carbocycles. The van der Waals surface area contributed by atoms with Crippen molar-refractivity contribution in [1.29, 1.82) is 0 Å². The van der Waals surface area contributed by atoms with Crippen LogP contribution in [0.2, 0.25) is 10.0 Å². The Kier molecular flexibility index (Phi) is 12.3. The lowest BCUT2D eigenvalue weighted by Gasteiger charge is -2.29. The fraction of sp³-hybridized carbons (Fsp3) is 0.312. The van der Waals surface area contributed by atoms with Crippen LogP contribution < -0.4 is 32.5 Å². The highest BCUT2D eigenvalue weighted by molar-refractivity contribution is 6.30. The standard InChI is InChI=1S/C24H23ClN4O2.C24H25ClN4O/c25-18-10-7-15(8-11-18)4-3-13-29-20-12-9-17(16-5-1-2-6-16)14-19(20)26-21-22(29)27-24(31)28-23(21)30;1-5-17-13-20-21(12-15(17)3)29(23-22(28-20)24(30)27-16(4)26-23)11-10-14(2)18-6-8-19(25)9-7-18/h7-12,14,16H,1-6,13H2,(H,28,30,31);6-9,12-14H,4-5,10-11H2,1-3H3,(H,27,30). The van der Waals surface area contributed by atoms with E-state index >= 15 is 0 Å². The molecule has 3 aliphatic heterocycles. The van der Waals surface area contributed by atoms with Crippen LogP contribution in [0.15, 0.2) is 98.2 Å².